The molecule has 0 aliphatic rings. The lowest BCUT2D eigenvalue weighted by atomic mass is 10.1. The Labute approximate surface area is 118 Å². The summed E-state index contributed by atoms with van der Waals surface area (Å²) in [6, 6.07) is 4.49. The summed E-state index contributed by atoms with van der Waals surface area (Å²) in [7, 11) is 0. The second kappa shape index (κ2) is 5.61. The molecule has 1 amide bonds. The highest BCUT2D eigenvalue weighted by Gasteiger charge is 2.25. The Morgan fingerprint density at radius 2 is 2.19 bits per heavy atom. The monoisotopic (exact) mass is 293 g/mol. The third kappa shape index (κ3) is 2.83. The molecule has 0 radical (unpaired) electrons. The van der Waals surface area contributed by atoms with Crippen molar-refractivity contribution in [1.82, 2.24) is 5.32 Å². The van der Waals surface area contributed by atoms with E-state index < -0.39 is 39.6 Å². The zero-order chi connectivity index (χ0) is 15.6. The van der Waals surface area contributed by atoms with E-state index in [9.17, 15) is 19.3 Å². The van der Waals surface area contributed by atoms with Gasteiger partial charge in [0.25, 0.3) is 11.6 Å². The number of hydrogen-bond donors (Lipinski definition) is 2. The zero-order valence-electron chi connectivity index (χ0n) is 11.0. The Morgan fingerprint density at radius 1 is 1.48 bits per heavy atom. The summed E-state index contributed by atoms with van der Waals surface area (Å²) >= 11 is 0. The Balaban J connectivity index is 2.31. The number of nitro groups is 1. The highest BCUT2D eigenvalue weighted by Crippen LogP contribution is 2.27. The molecule has 0 aliphatic heterocycles. The van der Waals surface area contributed by atoms with E-state index in [0.29, 0.717) is 5.76 Å². The van der Waals surface area contributed by atoms with E-state index in [1.54, 1.807) is 19.1 Å². The number of nitrogens with zero attached hydrogens (tertiary/aromatic N) is 1. The second-order valence-electron chi connectivity index (χ2n) is 4.32. The summed E-state index contributed by atoms with van der Waals surface area (Å²) in [6.45, 7) is 1.63. The third-order valence-corrected chi connectivity index (χ3v) is 2.91. The summed E-state index contributed by atoms with van der Waals surface area (Å²) < 4.78 is 18.9. The van der Waals surface area contributed by atoms with Gasteiger partial charge in [-0.3, -0.25) is 14.9 Å². The molecule has 3 N–H and O–H groups in total. The van der Waals surface area contributed by atoms with Gasteiger partial charge in [-0.05, 0) is 25.1 Å². The van der Waals surface area contributed by atoms with Crippen molar-refractivity contribution < 1.29 is 18.5 Å². The maximum Gasteiger partial charge on any atom is 0.293 e. The molecule has 0 bridgehead atoms. The summed E-state index contributed by atoms with van der Waals surface area (Å²) in [4.78, 5) is 22.1. The van der Waals surface area contributed by atoms with Crippen molar-refractivity contribution in [2.24, 2.45) is 0 Å². The van der Waals surface area contributed by atoms with Crippen molar-refractivity contribution in [3.05, 3.63) is 57.8 Å². The van der Waals surface area contributed by atoms with Crippen LogP contribution in [0, 0.1) is 15.9 Å². The molecule has 7 nitrogen and oxygen atoms in total. The van der Waals surface area contributed by atoms with E-state index >= 15 is 0 Å². The highest BCUT2D eigenvalue weighted by atomic mass is 19.1. The van der Waals surface area contributed by atoms with Gasteiger partial charge < -0.3 is 15.5 Å². The molecule has 0 fully saturated rings. The maximum absolute atomic E-state index is 13.8. The van der Waals surface area contributed by atoms with E-state index in [2.05, 4.69) is 5.32 Å². The van der Waals surface area contributed by atoms with Crippen LogP contribution in [0.4, 0.5) is 15.8 Å². The van der Waals surface area contributed by atoms with Crippen LogP contribution in [0.2, 0.25) is 0 Å². The zero-order valence-corrected chi connectivity index (χ0v) is 11.0. The number of amides is 1. The van der Waals surface area contributed by atoms with Crippen molar-refractivity contribution in [1.29, 1.82) is 0 Å². The Kier molecular flexibility index (Phi) is 3.88. The molecule has 1 aromatic heterocycles. The molecule has 21 heavy (non-hydrogen) atoms. The molecule has 1 aromatic carbocycles. The van der Waals surface area contributed by atoms with Crippen LogP contribution in [-0.4, -0.2) is 10.8 Å². The van der Waals surface area contributed by atoms with E-state index in [1.165, 1.54) is 6.26 Å². The molecule has 0 saturated heterocycles. The predicted molar refractivity (Wildman–Crippen MR) is 72.1 cm³/mol. The van der Waals surface area contributed by atoms with Crippen LogP contribution in [0.15, 0.2) is 34.9 Å². The van der Waals surface area contributed by atoms with Crippen LogP contribution in [-0.2, 0) is 0 Å². The minimum Gasteiger partial charge on any atom is -0.467 e. The van der Waals surface area contributed by atoms with Crippen LogP contribution >= 0.6 is 0 Å². The first kappa shape index (κ1) is 14.5. The van der Waals surface area contributed by atoms with Crippen molar-refractivity contribution in [3.63, 3.8) is 0 Å². The molecule has 2 aromatic rings. The van der Waals surface area contributed by atoms with E-state index in [-0.39, 0.29) is 0 Å². The third-order valence-electron chi connectivity index (χ3n) is 2.91. The number of nitro benzene ring substituents is 1. The molecule has 2 rings (SSSR count). The van der Waals surface area contributed by atoms with Crippen LogP contribution in [0.1, 0.15) is 29.1 Å². The van der Waals surface area contributed by atoms with E-state index in [1.807, 2.05) is 0 Å². The van der Waals surface area contributed by atoms with Gasteiger partial charge in [-0.1, -0.05) is 0 Å². The fourth-order valence-corrected chi connectivity index (χ4v) is 1.85. The SMILES string of the molecule is CC(NC(=O)c1c(F)ccc([N+](=O)[O-])c1N)c1ccco1. The molecule has 0 aliphatic carbocycles. The van der Waals surface area contributed by atoms with Gasteiger partial charge in [0.2, 0.25) is 0 Å². The van der Waals surface area contributed by atoms with Gasteiger partial charge in [0.05, 0.1) is 17.2 Å². The second-order valence-corrected chi connectivity index (χ2v) is 4.32. The van der Waals surface area contributed by atoms with Gasteiger partial charge in [-0.25, -0.2) is 4.39 Å². The first-order valence-electron chi connectivity index (χ1n) is 5.98. The summed E-state index contributed by atoms with van der Waals surface area (Å²) in [6.07, 6.45) is 1.43. The standard InChI is InChI=1S/C13H12FN3O4/c1-7(10-3-2-6-21-10)16-13(18)11-8(14)4-5-9(12(11)15)17(19)20/h2-7H,15H2,1H3,(H,16,18). The number of benzene rings is 1. The Bertz CT molecular complexity index is 685. The molecule has 110 valence electrons. The first-order chi connectivity index (χ1) is 9.91. The first-order valence-corrected chi connectivity index (χ1v) is 5.98. The number of furan rings is 1. The fraction of sp³-hybridized carbons (Fsp3) is 0.154. The van der Waals surface area contributed by atoms with Gasteiger partial charge in [0.1, 0.15) is 22.8 Å². The summed E-state index contributed by atoms with van der Waals surface area (Å²) in [5, 5.41) is 13.2. The number of nitrogens with two attached hydrogens (primary N) is 1. The van der Waals surface area contributed by atoms with Gasteiger partial charge in [-0.15, -0.1) is 0 Å². The quantitative estimate of drug-likeness (QED) is 0.510. The van der Waals surface area contributed by atoms with Crippen molar-refractivity contribution in [2.45, 2.75) is 13.0 Å². The van der Waals surface area contributed by atoms with Crippen molar-refractivity contribution >= 4 is 17.3 Å². The predicted octanol–water partition coefficient (Wildman–Crippen LogP) is 2.40. The van der Waals surface area contributed by atoms with Crippen molar-refractivity contribution in [3.8, 4) is 0 Å². The number of nitrogen functional groups attached to an aromatic ring is 1. The normalized spacial score (nSPS) is 11.9. The van der Waals surface area contributed by atoms with E-state index in [0.717, 1.165) is 12.1 Å². The Hall–Kier alpha value is -2.90. The van der Waals surface area contributed by atoms with Crippen molar-refractivity contribution in [2.75, 3.05) is 5.73 Å². The van der Waals surface area contributed by atoms with Crippen LogP contribution < -0.4 is 11.1 Å². The number of carbonyl (C=O) groups excluding carboxylic acids is 1. The molecule has 0 saturated carbocycles. The molecule has 0 spiro atoms. The van der Waals surface area contributed by atoms with Crippen LogP contribution in [0.25, 0.3) is 0 Å². The smallest absolute Gasteiger partial charge is 0.293 e. The summed E-state index contributed by atoms with van der Waals surface area (Å²) in [5.41, 5.74) is 3.93. The lowest BCUT2D eigenvalue weighted by Crippen LogP contribution is -2.28. The minimum atomic E-state index is -0.928. The van der Waals surface area contributed by atoms with Gasteiger partial charge >= 0.3 is 0 Å². The molecular weight excluding hydrogens is 281 g/mol. The number of halogens is 1. The number of rotatable bonds is 4. The average molecular weight is 293 g/mol. The largest absolute Gasteiger partial charge is 0.467 e. The average Bonchev–Trinajstić information content (AvgIpc) is 2.91. The van der Waals surface area contributed by atoms with Gasteiger partial charge in [0.15, 0.2) is 0 Å². The molecule has 1 unspecified atom stereocenters. The Morgan fingerprint density at radius 3 is 2.76 bits per heavy atom. The topological polar surface area (TPSA) is 111 Å². The maximum atomic E-state index is 13.8. The van der Waals surface area contributed by atoms with Crippen LogP contribution in [0.3, 0.4) is 0 Å². The summed E-state index contributed by atoms with van der Waals surface area (Å²) in [5.74, 6) is -1.31. The van der Waals surface area contributed by atoms with E-state index in [4.69, 9.17) is 10.2 Å². The van der Waals surface area contributed by atoms with Crippen LogP contribution in [0.5, 0.6) is 0 Å². The molecule has 8 heteroatoms. The lowest BCUT2D eigenvalue weighted by molar-refractivity contribution is -0.384. The minimum absolute atomic E-state index is 0.466. The molecule has 1 atom stereocenters. The lowest BCUT2D eigenvalue weighted by Gasteiger charge is -2.13. The number of anilines is 1. The number of nitrogens with one attached hydrogen (secondary N) is 1. The van der Waals surface area contributed by atoms with Gasteiger partial charge in [0, 0.05) is 6.07 Å². The molecule has 1 heterocycles. The van der Waals surface area contributed by atoms with Gasteiger partial charge in [-0.2, -0.15) is 0 Å². The fourth-order valence-electron chi connectivity index (χ4n) is 1.85. The number of carbonyl (C=O) groups is 1. The molecular formula is C13H12FN3O4. The highest BCUT2D eigenvalue weighted by molar-refractivity contribution is 6.01. The number of hydrogen-bond acceptors (Lipinski definition) is 5.